The lowest BCUT2D eigenvalue weighted by Crippen LogP contribution is -2.39. The standard InChI is InChI=1S/C19H22Cl2N6O2/c20-15-2-1-14(16(21)11-15)13-22-25-17-12-18(26-3-7-28-8-4-26)24-19(23-17)27-5-9-29-10-6-27/h1-2,11-13H,3-10H2,(H,23,24,25)/b22-13+. The van der Waals surface area contributed by atoms with Crippen LogP contribution >= 0.6 is 23.2 Å². The summed E-state index contributed by atoms with van der Waals surface area (Å²) in [4.78, 5) is 13.7. The molecule has 0 spiro atoms. The molecular weight excluding hydrogens is 415 g/mol. The highest BCUT2D eigenvalue weighted by Crippen LogP contribution is 2.23. The van der Waals surface area contributed by atoms with Gasteiger partial charge in [0.1, 0.15) is 5.82 Å². The Bertz CT molecular complexity index is 834. The number of aromatic nitrogens is 2. The van der Waals surface area contributed by atoms with Crippen molar-refractivity contribution in [2.45, 2.75) is 0 Å². The Kier molecular flexibility index (Phi) is 6.66. The third-order valence-electron chi connectivity index (χ3n) is 4.68. The lowest BCUT2D eigenvalue weighted by Gasteiger charge is -2.31. The predicted molar refractivity (Wildman–Crippen MR) is 116 cm³/mol. The third-order valence-corrected chi connectivity index (χ3v) is 5.24. The molecule has 1 aromatic heterocycles. The molecular formula is C19H22Cl2N6O2. The first-order valence-electron chi connectivity index (χ1n) is 9.48. The average Bonchev–Trinajstić information content (AvgIpc) is 2.76. The van der Waals surface area contributed by atoms with Crippen molar-refractivity contribution in [3.63, 3.8) is 0 Å². The molecule has 2 saturated heterocycles. The molecule has 2 aliphatic heterocycles. The number of anilines is 3. The second kappa shape index (κ2) is 9.58. The number of hydrogen-bond acceptors (Lipinski definition) is 8. The quantitative estimate of drug-likeness (QED) is 0.570. The van der Waals surface area contributed by atoms with Gasteiger partial charge >= 0.3 is 0 Å². The molecule has 0 bridgehead atoms. The summed E-state index contributed by atoms with van der Waals surface area (Å²) >= 11 is 12.1. The molecule has 154 valence electrons. The van der Waals surface area contributed by atoms with Crippen LogP contribution in [0.15, 0.2) is 29.4 Å². The van der Waals surface area contributed by atoms with Gasteiger partial charge in [0.05, 0.1) is 37.7 Å². The molecule has 2 aromatic rings. The van der Waals surface area contributed by atoms with Gasteiger partial charge in [-0.25, -0.2) is 0 Å². The Morgan fingerprint density at radius 3 is 2.31 bits per heavy atom. The third kappa shape index (κ3) is 5.27. The molecule has 10 heteroatoms. The van der Waals surface area contributed by atoms with Gasteiger partial charge in [0.15, 0.2) is 5.82 Å². The minimum Gasteiger partial charge on any atom is -0.378 e. The number of rotatable bonds is 5. The van der Waals surface area contributed by atoms with Gasteiger partial charge in [0.2, 0.25) is 5.95 Å². The van der Waals surface area contributed by atoms with Crippen LogP contribution < -0.4 is 15.2 Å². The lowest BCUT2D eigenvalue weighted by molar-refractivity contribution is 0.121. The van der Waals surface area contributed by atoms with E-state index >= 15 is 0 Å². The summed E-state index contributed by atoms with van der Waals surface area (Å²) < 4.78 is 10.9. The molecule has 0 radical (unpaired) electrons. The van der Waals surface area contributed by atoms with Gasteiger partial charge in [-0.3, -0.25) is 5.43 Å². The maximum atomic E-state index is 6.20. The Labute approximate surface area is 179 Å². The number of halogens is 2. The largest absolute Gasteiger partial charge is 0.378 e. The SMILES string of the molecule is Clc1ccc(/C=N/Nc2cc(N3CCOCC3)nc(N3CCOCC3)n2)c(Cl)c1. The first kappa shape index (κ1) is 20.2. The Morgan fingerprint density at radius 2 is 1.62 bits per heavy atom. The van der Waals surface area contributed by atoms with E-state index in [1.807, 2.05) is 12.1 Å². The van der Waals surface area contributed by atoms with Crippen molar-refractivity contribution in [1.29, 1.82) is 0 Å². The number of hydrazone groups is 1. The van der Waals surface area contributed by atoms with Crippen LogP contribution in [-0.2, 0) is 9.47 Å². The maximum absolute atomic E-state index is 6.20. The Hall–Kier alpha value is -2.13. The van der Waals surface area contributed by atoms with Crippen molar-refractivity contribution < 1.29 is 9.47 Å². The summed E-state index contributed by atoms with van der Waals surface area (Å²) in [6.07, 6.45) is 1.64. The van der Waals surface area contributed by atoms with E-state index < -0.39 is 0 Å². The highest BCUT2D eigenvalue weighted by molar-refractivity contribution is 6.36. The fourth-order valence-electron chi connectivity index (χ4n) is 3.11. The van der Waals surface area contributed by atoms with E-state index in [9.17, 15) is 0 Å². The van der Waals surface area contributed by atoms with Gasteiger partial charge in [-0.1, -0.05) is 29.3 Å². The van der Waals surface area contributed by atoms with E-state index in [2.05, 4.69) is 25.3 Å². The zero-order valence-corrected chi connectivity index (χ0v) is 17.4. The van der Waals surface area contributed by atoms with Gasteiger partial charge < -0.3 is 19.3 Å². The van der Waals surface area contributed by atoms with E-state index in [1.54, 1.807) is 18.3 Å². The van der Waals surface area contributed by atoms with Crippen molar-refractivity contribution in [1.82, 2.24) is 9.97 Å². The topological polar surface area (TPSA) is 75.1 Å². The molecule has 3 heterocycles. The van der Waals surface area contributed by atoms with Gasteiger partial charge in [0, 0.05) is 42.8 Å². The van der Waals surface area contributed by atoms with E-state index in [-0.39, 0.29) is 0 Å². The van der Waals surface area contributed by atoms with Crippen LogP contribution in [0.1, 0.15) is 5.56 Å². The van der Waals surface area contributed by atoms with E-state index in [4.69, 9.17) is 37.7 Å². The Balaban J connectivity index is 1.56. The van der Waals surface area contributed by atoms with Crippen molar-refractivity contribution in [3.05, 3.63) is 39.9 Å². The smallest absolute Gasteiger partial charge is 0.229 e. The van der Waals surface area contributed by atoms with Gasteiger partial charge in [0.25, 0.3) is 0 Å². The molecule has 0 atom stereocenters. The van der Waals surface area contributed by atoms with E-state index in [0.29, 0.717) is 48.2 Å². The minimum absolute atomic E-state index is 0.536. The molecule has 29 heavy (non-hydrogen) atoms. The van der Waals surface area contributed by atoms with Gasteiger partial charge in [-0.15, -0.1) is 0 Å². The first-order valence-corrected chi connectivity index (χ1v) is 10.2. The molecule has 2 fully saturated rings. The van der Waals surface area contributed by atoms with Crippen LogP contribution in [0.5, 0.6) is 0 Å². The van der Waals surface area contributed by atoms with Crippen molar-refractivity contribution in [2.24, 2.45) is 5.10 Å². The molecule has 4 rings (SSSR count). The number of hydrogen-bond donors (Lipinski definition) is 1. The summed E-state index contributed by atoms with van der Waals surface area (Å²) in [6, 6.07) is 7.17. The molecule has 2 aliphatic rings. The zero-order chi connectivity index (χ0) is 20.1. The number of nitrogens with zero attached hydrogens (tertiary/aromatic N) is 5. The second-order valence-corrected chi connectivity index (χ2v) is 7.49. The number of ether oxygens (including phenoxy) is 2. The van der Waals surface area contributed by atoms with E-state index in [0.717, 1.165) is 37.6 Å². The normalized spacial score (nSPS) is 17.7. The summed E-state index contributed by atoms with van der Waals surface area (Å²) in [7, 11) is 0. The molecule has 0 aliphatic carbocycles. The molecule has 1 N–H and O–H groups in total. The highest BCUT2D eigenvalue weighted by Gasteiger charge is 2.19. The van der Waals surface area contributed by atoms with Gasteiger partial charge in [-0.2, -0.15) is 15.1 Å². The number of morpholine rings is 2. The molecule has 0 amide bonds. The fraction of sp³-hybridized carbons (Fsp3) is 0.421. The fourth-order valence-corrected chi connectivity index (χ4v) is 3.57. The summed E-state index contributed by atoms with van der Waals surface area (Å²) in [5, 5.41) is 5.42. The minimum atomic E-state index is 0.536. The monoisotopic (exact) mass is 436 g/mol. The lowest BCUT2D eigenvalue weighted by atomic mass is 10.2. The Morgan fingerprint density at radius 1 is 0.931 bits per heavy atom. The second-order valence-electron chi connectivity index (χ2n) is 6.65. The van der Waals surface area contributed by atoms with Crippen LogP contribution in [-0.4, -0.2) is 68.8 Å². The summed E-state index contributed by atoms with van der Waals surface area (Å²) in [5.74, 6) is 2.14. The highest BCUT2D eigenvalue weighted by atomic mass is 35.5. The first-order chi connectivity index (χ1) is 14.2. The van der Waals surface area contributed by atoms with Crippen molar-refractivity contribution in [3.8, 4) is 0 Å². The zero-order valence-electron chi connectivity index (χ0n) is 15.9. The molecule has 0 unspecified atom stereocenters. The molecule has 0 saturated carbocycles. The number of nitrogens with one attached hydrogen (secondary N) is 1. The summed E-state index contributed by atoms with van der Waals surface area (Å²) in [6.45, 7) is 5.82. The van der Waals surface area contributed by atoms with Crippen LogP contribution in [0.4, 0.5) is 17.6 Å². The van der Waals surface area contributed by atoms with E-state index in [1.165, 1.54) is 0 Å². The van der Waals surface area contributed by atoms with Crippen LogP contribution in [0.25, 0.3) is 0 Å². The van der Waals surface area contributed by atoms with Crippen molar-refractivity contribution in [2.75, 3.05) is 67.8 Å². The van der Waals surface area contributed by atoms with Crippen LogP contribution in [0, 0.1) is 0 Å². The van der Waals surface area contributed by atoms with Crippen LogP contribution in [0.2, 0.25) is 10.0 Å². The summed E-state index contributed by atoms with van der Waals surface area (Å²) in [5.41, 5.74) is 3.77. The van der Waals surface area contributed by atoms with Gasteiger partial charge in [-0.05, 0) is 12.1 Å². The van der Waals surface area contributed by atoms with Crippen molar-refractivity contribution >= 4 is 47.0 Å². The average molecular weight is 437 g/mol. The number of benzene rings is 1. The maximum Gasteiger partial charge on any atom is 0.229 e. The molecule has 1 aromatic carbocycles. The predicted octanol–water partition coefficient (Wildman–Crippen LogP) is 2.90. The van der Waals surface area contributed by atoms with Crippen LogP contribution in [0.3, 0.4) is 0 Å². The molecule has 8 nitrogen and oxygen atoms in total.